The van der Waals surface area contributed by atoms with Gasteiger partial charge in [-0.2, -0.15) is 0 Å². The van der Waals surface area contributed by atoms with Gasteiger partial charge < -0.3 is 10.4 Å². The van der Waals surface area contributed by atoms with Crippen LogP contribution >= 0.6 is 11.3 Å². The third-order valence-electron chi connectivity index (χ3n) is 3.73. The van der Waals surface area contributed by atoms with Crippen molar-refractivity contribution in [2.24, 2.45) is 5.92 Å². The molecule has 0 saturated carbocycles. The molecule has 0 fully saturated rings. The lowest BCUT2D eigenvalue weighted by Crippen LogP contribution is -2.32. The second kappa shape index (κ2) is 6.38. The lowest BCUT2D eigenvalue weighted by Gasteiger charge is -2.21. The topological polar surface area (TPSA) is 62.2 Å². The highest BCUT2D eigenvalue weighted by molar-refractivity contribution is 7.10. The summed E-state index contributed by atoms with van der Waals surface area (Å²) in [5.74, 6) is -0.0624. The van der Waals surface area contributed by atoms with Gasteiger partial charge in [0.15, 0.2) is 0 Å². The van der Waals surface area contributed by atoms with Crippen LogP contribution in [0.5, 0.6) is 5.75 Å². The number of benzene rings is 1. The van der Waals surface area contributed by atoms with Crippen LogP contribution in [0.15, 0.2) is 48.0 Å². The van der Waals surface area contributed by atoms with Crippen molar-refractivity contribution >= 4 is 28.1 Å². The maximum atomic E-state index is 12.2. The number of nitrogens with zero attached hydrogens (tertiary/aromatic N) is 1. The number of amides is 1. The maximum absolute atomic E-state index is 12.2. The number of nitrogens with one attached hydrogen (secondary N) is 1. The van der Waals surface area contributed by atoms with Crippen LogP contribution in [0.4, 0.5) is 0 Å². The summed E-state index contributed by atoms with van der Waals surface area (Å²) in [5.41, 5.74) is 1.21. The molecule has 0 aliphatic carbocycles. The number of aromatic nitrogens is 1. The molecule has 4 nitrogen and oxygen atoms in total. The average molecular weight is 326 g/mol. The van der Waals surface area contributed by atoms with Gasteiger partial charge in [-0.3, -0.25) is 9.78 Å². The van der Waals surface area contributed by atoms with E-state index >= 15 is 0 Å². The molecule has 1 aromatic carbocycles. The van der Waals surface area contributed by atoms with Crippen molar-refractivity contribution in [3.63, 3.8) is 0 Å². The Morgan fingerprint density at radius 2 is 2.04 bits per heavy atom. The summed E-state index contributed by atoms with van der Waals surface area (Å²) < 4.78 is 0. The molecule has 2 aromatic heterocycles. The van der Waals surface area contributed by atoms with Crippen LogP contribution in [0.3, 0.4) is 0 Å². The van der Waals surface area contributed by atoms with Gasteiger partial charge in [0.2, 0.25) is 5.91 Å². The first-order valence-electron chi connectivity index (χ1n) is 7.48. The van der Waals surface area contributed by atoms with Gasteiger partial charge in [-0.25, -0.2) is 0 Å². The summed E-state index contributed by atoms with van der Waals surface area (Å²) in [6.07, 6.45) is 1.65. The summed E-state index contributed by atoms with van der Waals surface area (Å²) in [6.45, 7) is 3.70. The molecule has 2 heterocycles. The molecular formula is C18H18N2O2S. The Morgan fingerprint density at radius 3 is 2.74 bits per heavy atom. The van der Waals surface area contributed by atoms with E-state index in [2.05, 4.69) is 10.3 Å². The molecule has 0 spiro atoms. The van der Waals surface area contributed by atoms with Crippen LogP contribution in [0.1, 0.15) is 30.3 Å². The van der Waals surface area contributed by atoms with Crippen LogP contribution in [0.25, 0.3) is 10.9 Å². The Balaban J connectivity index is 2.10. The Labute approximate surface area is 138 Å². The number of pyridine rings is 1. The van der Waals surface area contributed by atoms with Crippen molar-refractivity contribution in [3.8, 4) is 5.75 Å². The molecule has 1 amide bonds. The van der Waals surface area contributed by atoms with Gasteiger partial charge >= 0.3 is 0 Å². The monoisotopic (exact) mass is 326 g/mol. The Kier molecular flexibility index (Phi) is 4.30. The third-order valence-corrected chi connectivity index (χ3v) is 4.67. The molecule has 3 aromatic rings. The molecular weight excluding hydrogens is 308 g/mol. The predicted molar refractivity (Wildman–Crippen MR) is 92.6 cm³/mol. The fourth-order valence-electron chi connectivity index (χ4n) is 2.44. The highest BCUT2D eigenvalue weighted by atomic mass is 32.1. The largest absolute Gasteiger partial charge is 0.505 e. The Bertz CT molecular complexity index is 828. The second-order valence-corrected chi connectivity index (χ2v) is 6.67. The first-order chi connectivity index (χ1) is 11.1. The smallest absolute Gasteiger partial charge is 0.223 e. The molecule has 0 saturated heterocycles. The molecule has 0 aliphatic rings. The number of carbonyl (C=O) groups is 1. The number of phenolic OH excluding ortho intramolecular Hbond substituents is 1. The molecule has 0 radical (unpaired) electrons. The van der Waals surface area contributed by atoms with Crippen molar-refractivity contribution in [2.75, 3.05) is 0 Å². The first-order valence-corrected chi connectivity index (χ1v) is 8.36. The molecule has 2 N–H and O–H groups in total. The minimum atomic E-state index is -0.378. The minimum Gasteiger partial charge on any atom is -0.505 e. The van der Waals surface area contributed by atoms with Crippen molar-refractivity contribution < 1.29 is 9.90 Å². The van der Waals surface area contributed by atoms with Crippen LogP contribution in [-0.2, 0) is 4.79 Å². The van der Waals surface area contributed by atoms with E-state index in [9.17, 15) is 9.90 Å². The van der Waals surface area contributed by atoms with E-state index in [1.165, 1.54) is 0 Å². The highest BCUT2D eigenvalue weighted by Gasteiger charge is 2.23. The molecule has 118 valence electrons. The predicted octanol–water partition coefficient (Wildman–Crippen LogP) is 3.86. The number of hydrogen-bond acceptors (Lipinski definition) is 4. The van der Waals surface area contributed by atoms with E-state index in [1.54, 1.807) is 17.5 Å². The standard InChI is InChI=1S/C18H18N2O2S/c1-11(2)18(22)20-16(14-6-4-10-23-14)13-8-7-12-5-3-9-19-15(12)17(13)21/h3-11,16,21H,1-2H3,(H,20,22). The van der Waals surface area contributed by atoms with E-state index in [0.717, 1.165) is 10.3 Å². The van der Waals surface area contributed by atoms with Gasteiger partial charge in [-0.1, -0.05) is 38.1 Å². The number of rotatable bonds is 4. The van der Waals surface area contributed by atoms with Crippen LogP contribution < -0.4 is 5.32 Å². The molecule has 3 rings (SSSR count). The third kappa shape index (κ3) is 3.05. The van der Waals surface area contributed by atoms with Gasteiger partial charge in [-0.15, -0.1) is 11.3 Å². The van der Waals surface area contributed by atoms with Crippen molar-refractivity contribution in [1.82, 2.24) is 10.3 Å². The number of carbonyl (C=O) groups excluding carboxylic acids is 1. The summed E-state index contributed by atoms with van der Waals surface area (Å²) in [4.78, 5) is 17.4. The molecule has 1 unspecified atom stereocenters. The quantitative estimate of drug-likeness (QED) is 0.765. The van der Waals surface area contributed by atoms with Crippen LogP contribution in [0.2, 0.25) is 0 Å². The normalized spacial score (nSPS) is 12.5. The number of thiophene rings is 1. The second-order valence-electron chi connectivity index (χ2n) is 5.69. The van der Waals surface area contributed by atoms with E-state index in [-0.39, 0.29) is 23.6 Å². The lowest BCUT2D eigenvalue weighted by atomic mass is 10.0. The van der Waals surface area contributed by atoms with Gasteiger partial charge in [0.25, 0.3) is 0 Å². The zero-order valence-corrected chi connectivity index (χ0v) is 13.8. The molecule has 23 heavy (non-hydrogen) atoms. The SMILES string of the molecule is CC(C)C(=O)NC(c1cccs1)c1ccc2cccnc2c1O. The molecule has 1 atom stereocenters. The molecule has 0 aliphatic heterocycles. The number of fused-ring (bicyclic) bond motifs is 1. The minimum absolute atomic E-state index is 0.0519. The maximum Gasteiger partial charge on any atom is 0.223 e. The van der Waals surface area contributed by atoms with Gasteiger partial charge in [0, 0.05) is 27.9 Å². The van der Waals surface area contributed by atoms with E-state index in [0.29, 0.717) is 11.1 Å². The zero-order chi connectivity index (χ0) is 16.4. The lowest BCUT2D eigenvalue weighted by molar-refractivity contribution is -0.124. The van der Waals surface area contributed by atoms with Crippen molar-refractivity contribution in [2.45, 2.75) is 19.9 Å². The fourth-order valence-corrected chi connectivity index (χ4v) is 3.24. The van der Waals surface area contributed by atoms with Gasteiger partial charge in [0.1, 0.15) is 11.3 Å². The summed E-state index contributed by atoms with van der Waals surface area (Å²) >= 11 is 1.55. The van der Waals surface area contributed by atoms with E-state index in [4.69, 9.17) is 0 Å². The summed E-state index contributed by atoms with van der Waals surface area (Å²) in [6, 6.07) is 11.0. The Hall–Kier alpha value is -2.40. The van der Waals surface area contributed by atoms with Crippen LogP contribution in [0, 0.1) is 5.92 Å². The first kappa shape index (κ1) is 15.5. The fraction of sp³-hybridized carbons (Fsp3) is 0.222. The van der Waals surface area contributed by atoms with Crippen molar-refractivity contribution in [1.29, 1.82) is 0 Å². The van der Waals surface area contributed by atoms with Crippen molar-refractivity contribution in [3.05, 3.63) is 58.4 Å². The summed E-state index contributed by atoms with van der Waals surface area (Å²) in [7, 11) is 0. The molecule has 5 heteroatoms. The number of aromatic hydroxyl groups is 1. The molecule has 0 bridgehead atoms. The number of hydrogen-bond donors (Lipinski definition) is 2. The van der Waals surface area contributed by atoms with E-state index in [1.807, 2.05) is 55.6 Å². The van der Waals surface area contributed by atoms with Gasteiger partial charge in [-0.05, 0) is 17.5 Å². The van der Waals surface area contributed by atoms with Gasteiger partial charge in [0.05, 0.1) is 6.04 Å². The van der Waals surface area contributed by atoms with Crippen LogP contribution in [-0.4, -0.2) is 16.0 Å². The number of phenols is 1. The average Bonchev–Trinajstić information content (AvgIpc) is 3.07. The highest BCUT2D eigenvalue weighted by Crippen LogP contribution is 2.35. The Morgan fingerprint density at radius 1 is 1.22 bits per heavy atom. The zero-order valence-electron chi connectivity index (χ0n) is 13.0. The summed E-state index contributed by atoms with van der Waals surface area (Å²) in [5, 5.41) is 16.5. The van der Waals surface area contributed by atoms with E-state index < -0.39 is 0 Å².